The molecule has 0 aliphatic heterocycles. The highest BCUT2D eigenvalue weighted by atomic mass is 32.2. The second kappa shape index (κ2) is 6.89. The van der Waals surface area contributed by atoms with Crippen LogP contribution in [0.15, 0.2) is 62.1 Å². The molecule has 0 aliphatic rings. The number of hydrogen-bond donors (Lipinski definition) is 0. The number of benzene rings is 2. The van der Waals surface area contributed by atoms with Gasteiger partial charge in [0.15, 0.2) is 0 Å². The maximum absolute atomic E-state index is 12.8. The third-order valence-electron chi connectivity index (χ3n) is 3.50. The molecule has 2 aromatic carbocycles. The van der Waals surface area contributed by atoms with Crippen molar-refractivity contribution in [3.63, 3.8) is 0 Å². The van der Waals surface area contributed by atoms with Gasteiger partial charge in [-0.1, -0.05) is 17.7 Å². The first-order valence-corrected chi connectivity index (χ1v) is 9.99. The van der Waals surface area contributed by atoms with Gasteiger partial charge in [0.2, 0.25) is 25.9 Å². The summed E-state index contributed by atoms with van der Waals surface area (Å²) < 4.78 is 50.9. The van der Waals surface area contributed by atoms with Crippen LogP contribution in [0.25, 0.3) is 0 Å². The quantitative estimate of drug-likeness (QED) is 0.584. The zero-order valence-corrected chi connectivity index (χ0v) is 15.4. The first-order valence-electron chi connectivity index (χ1n) is 7.07. The van der Waals surface area contributed by atoms with Crippen LogP contribution in [-0.4, -0.2) is 41.3 Å². The van der Waals surface area contributed by atoms with Gasteiger partial charge in [-0.25, -0.2) is 25.9 Å². The molecule has 0 heterocycles. The molecule has 132 valence electrons. The lowest BCUT2D eigenvalue weighted by Crippen LogP contribution is -2.22. The normalized spacial score (nSPS) is 12.0. The first-order chi connectivity index (χ1) is 11.6. The highest BCUT2D eigenvalue weighted by Gasteiger charge is 2.25. The summed E-state index contributed by atoms with van der Waals surface area (Å²) in [5, 5.41) is 0. The van der Waals surface area contributed by atoms with Gasteiger partial charge in [0.25, 0.3) is 0 Å². The number of carbonyl (C=O) groups excluding carboxylic acids is 1. The minimum Gasteiger partial charge on any atom is -0.218 e. The average Bonchev–Trinajstić information content (AvgIpc) is 2.55. The predicted molar refractivity (Wildman–Crippen MR) is 91.7 cm³/mol. The average molecular weight is 380 g/mol. The number of aliphatic imine (C=N–C) groups is 1. The second-order valence-electron chi connectivity index (χ2n) is 5.44. The molecule has 2 rings (SSSR count). The minimum absolute atomic E-state index is 0.0173. The van der Waals surface area contributed by atoms with Gasteiger partial charge in [-0.15, -0.1) is 0 Å². The maximum atomic E-state index is 12.8. The van der Waals surface area contributed by atoms with Gasteiger partial charge in [-0.3, -0.25) is 0 Å². The van der Waals surface area contributed by atoms with Crippen LogP contribution >= 0.6 is 0 Å². The minimum atomic E-state index is -3.97. The molecule has 7 nitrogen and oxygen atoms in total. The van der Waals surface area contributed by atoms with Crippen molar-refractivity contribution in [1.29, 1.82) is 0 Å². The number of aryl methyl sites for hydroxylation is 1. The molecule has 25 heavy (non-hydrogen) atoms. The van der Waals surface area contributed by atoms with Gasteiger partial charge in [-0.2, -0.15) is 4.99 Å². The molecule has 0 N–H and O–H groups in total. The van der Waals surface area contributed by atoms with Gasteiger partial charge >= 0.3 is 0 Å². The topological polar surface area (TPSA) is 101 Å². The second-order valence-corrected chi connectivity index (χ2v) is 9.51. The molecule has 0 bridgehead atoms. The molecule has 0 saturated carbocycles. The summed E-state index contributed by atoms with van der Waals surface area (Å²) in [5.74, 6) is 0. The molecule has 0 aromatic heterocycles. The molecule has 0 saturated heterocycles. The van der Waals surface area contributed by atoms with E-state index in [4.69, 9.17) is 0 Å². The van der Waals surface area contributed by atoms with Crippen molar-refractivity contribution < 1.29 is 21.6 Å². The largest absolute Gasteiger partial charge is 0.242 e. The van der Waals surface area contributed by atoms with Gasteiger partial charge < -0.3 is 0 Å². The Morgan fingerprint density at radius 1 is 0.920 bits per heavy atom. The third-order valence-corrected chi connectivity index (χ3v) is 7.12. The Morgan fingerprint density at radius 3 is 2.00 bits per heavy atom. The number of hydrogen-bond acceptors (Lipinski definition) is 6. The number of nitrogens with zero attached hydrogens (tertiary/aromatic N) is 2. The number of sulfone groups is 1. The van der Waals surface area contributed by atoms with Crippen LogP contribution < -0.4 is 0 Å². The number of rotatable bonds is 5. The molecular formula is C16H16N2O5S2. The molecular weight excluding hydrogens is 364 g/mol. The van der Waals surface area contributed by atoms with Gasteiger partial charge in [0, 0.05) is 14.1 Å². The lowest BCUT2D eigenvalue weighted by Gasteiger charge is -2.13. The van der Waals surface area contributed by atoms with Crippen molar-refractivity contribution in [3.8, 4) is 0 Å². The number of isocyanates is 1. The Kier molecular flexibility index (Phi) is 5.24. The van der Waals surface area contributed by atoms with Crippen molar-refractivity contribution in [1.82, 2.24) is 4.31 Å². The molecule has 9 heteroatoms. The van der Waals surface area contributed by atoms with E-state index in [0.29, 0.717) is 0 Å². The molecule has 2 aromatic rings. The van der Waals surface area contributed by atoms with Crippen LogP contribution in [0.3, 0.4) is 0 Å². The van der Waals surface area contributed by atoms with Crippen LogP contribution in [-0.2, 0) is 24.7 Å². The maximum Gasteiger partial charge on any atom is 0.242 e. The van der Waals surface area contributed by atoms with Crippen LogP contribution in [0.5, 0.6) is 0 Å². The Balaban J connectivity index is 2.70. The van der Waals surface area contributed by atoms with E-state index in [1.54, 1.807) is 12.1 Å². The van der Waals surface area contributed by atoms with Crippen molar-refractivity contribution in [2.45, 2.75) is 21.6 Å². The van der Waals surface area contributed by atoms with Crippen molar-refractivity contribution in [3.05, 3.63) is 48.0 Å². The van der Waals surface area contributed by atoms with Gasteiger partial charge in [-0.05, 0) is 37.3 Å². The summed E-state index contributed by atoms with van der Waals surface area (Å²) in [6, 6.07) is 9.48. The van der Waals surface area contributed by atoms with Crippen LogP contribution in [0.1, 0.15) is 5.56 Å². The van der Waals surface area contributed by atoms with Crippen molar-refractivity contribution in [2.75, 3.05) is 14.1 Å². The van der Waals surface area contributed by atoms with E-state index in [2.05, 4.69) is 4.99 Å². The molecule has 0 radical (unpaired) electrons. The summed E-state index contributed by atoms with van der Waals surface area (Å²) in [7, 11) is -5.09. The highest BCUT2D eigenvalue weighted by Crippen LogP contribution is 2.32. The van der Waals surface area contributed by atoms with E-state index in [-0.39, 0.29) is 20.4 Å². The number of sulfonamides is 1. The SMILES string of the molecule is Cc1ccc(S(=O)(=O)c2ccc(S(=O)(=O)N(C)C)cc2N=C=O)cc1. The van der Waals surface area contributed by atoms with Crippen LogP contribution in [0.2, 0.25) is 0 Å². The molecule has 0 amide bonds. The molecule has 0 aliphatic carbocycles. The van der Waals surface area contributed by atoms with E-state index < -0.39 is 19.9 Å². The van der Waals surface area contributed by atoms with Crippen molar-refractivity contribution >= 4 is 31.6 Å². The summed E-state index contributed by atoms with van der Waals surface area (Å²) in [6.07, 6.45) is 1.27. The molecule has 0 unspecified atom stereocenters. The Bertz CT molecular complexity index is 1050. The zero-order valence-electron chi connectivity index (χ0n) is 13.8. The van der Waals surface area contributed by atoms with E-state index in [1.165, 1.54) is 38.4 Å². The Labute approximate surface area is 146 Å². The van der Waals surface area contributed by atoms with E-state index in [9.17, 15) is 21.6 Å². The Morgan fingerprint density at radius 2 is 1.48 bits per heavy atom. The molecule has 0 fully saturated rings. The highest BCUT2D eigenvalue weighted by molar-refractivity contribution is 7.91. The third kappa shape index (κ3) is 3.69. The van der Waals surface area contributed by atoms with Crippen LogP contribution in [0.4, 0.5) is 5.69 Å². The van der Waals surface area contributed by atoms with Crippen molar-refractivity contribution in [2.24, 2.45) is 4.99 Å². The zero-order chi connectivity index (χ0) is 18.8. The van der Waals surface area contributed by atoms with Gasteiger partial charge in [0.1, 0.15) is 0 Å². The lowest BCUT2D eigenvalue weighted by atomic mass is 10.2. The standard InChI is InChI=1S/C16H16N2O5S2/c1-12-4-6-13(7-5-12)24(20,21)16-9-8-14(10-15(16)17-11-19)25(22,23)18(2)3/h4-10H,1-3H3. The summed E-state index contributed by atoms with van der Waals surface area (Å²) in [5.41, 5.74) is 0.607. The van der Waals surface area contributed by atoms with Gasteiger partial charge in [0.05, 0.1) is 20.4 Å². The first kappa shape index (κ1) is 19.0. The smallest absolute Gasteiger partial charge is 0.218 e. The fraction of sp³-hybridized carbons (Fsp3) is 0.188. The monoisotopic (exact) mass is 380 g/mol. The summed E-state index contributed by atoms with van der Waals surface area (Å²) in [6.45, 7) is 1.82. The predicted octanol–water partition coefficient (Wildman–Crippen LogP) is 2.05. The van der Waals surface area contributed by atoms with Crippen LogP contribution in [0, 0.1) is 6.92 Å². The Hall–Kier alpha value is -2.32. The lowest BCUT2D eigenvalue weighted by molar-refractivity contribution is 0.520. The molecule has 0 spiro atoms. The summed E-state index contributed by atoms with van der Waals surface area (Å²) >= 11 is 0. The van der Waals surface area contributed by atoms with E-state index in [0.717, 1.165) is 22.0 Å². The fourth-order valence-corrected chi connectivity index (χ4v) is 4.37. The molecule has 0 atom stereocenters. The summed E-state index contributed by atoms with van der Waals surface area (Å²) in [4.78, 5) is 13.6. The van der Waals surface area contributed by atoms with E-state index in [1.807, 2.05) is 6.92 Å². The fourth-order valence-electron chi connectivity index (χ4n) is 2.08. The van der Waals surface area contributed by atoms with E-state index >= 15 is 0 Å².